The molecule has 5 nitrogen and oxygen atoms in total. The highest BCUT2D eigenvalue weighted by molar-refractivity contribution is 5.75. The predicted molar refractivity (Wildman–Crippen MR) is 118 cm³/mol. The number of aromatic nitrogens is 1. The fourth-order valence-corrected chi connectivity index (χ4v) is 4.18. The molecule has 5 heteroatoms. The van der Waals surface area contributed by atoms with Gasteiger partial charge in [-0.2, -0.15) is 0 Å². The number of carbonyl (C=O) groups is 1. The summed E-state index contributed by atoms with van der Waals surface area (Å²) in [6.07, 6.45) is 7.09. The second-order valence-corrected chi connectivity index (χ2v) is 8.35. The molecule has 0 saturated carbocycles. The standard InChI is InChI=1S/C24H34N4O/c1-18(2)21-4-6-22(7-5-21)24(28-19(3)29,23-11-15-26-16-12-23)27-17-10-20-8-13-25-14-9-20/h4-7,11-12,15-16,18,20,25,27H,8-10,13-14,17H2,1-3H3,(H,28,29). The second-order valence-electron chi connectivity index (χ2n) is 8.35. The Kier molecular flexibility index (Phi) is 7.40. The Morgan fingerprint density at radius 1 is 1.10 bits per heavy atom. The van der Waals surface area contributed by atoms with Gasteiger partial charge in [-0.05, 0) is 79.6 Å². The fraction of sp³-hybridized carbons (Fsp3) is 0.500. The van der Waals surface area contributed by atoms with Crippen molar-refractivity contribution in [1.29, 1.82) is 0 Å². The van der Waals surface area contributed by atoms with Crippen LogP contribution in [0.4, 0.5) is 0 Å². The number of nitrogens with one attached hydrogen (secondary N) is 3. The van der Waals surface area contributed by atoms with Crippen molar-refractivity contribution in [2.75, 3.05) is 19.6 Å². The highest BCUT2D eigenvalue weighted by atomic mass is 16.1. The molecule has 0 spiro atoms. The molecule has 1 atom stereocenters. The van der Waals surface area contributed by atoms with Crippen molar-refractivity contribution in [2.24, 2.45) is 5.92 Å². The van der Waals surface area contributed by atoms with Gasteiger partial charge in [0.05, 0.1) is 0 Å². The van der Waals surface area contributed by atoms with Crippen LogP contribution in [0.2, 0.25) is 0 Å². The van der Waals surface area contributed by atoms with E-state index >= 15 is 0 Å². The topological polar surface area (TPSA) is 66.1 Å². The van der Waals surface area contributed by atoms with Crippen molar-refractivity contribution in [3.05, 3.63) is 65.5 Å². The summed E-state index contributed by atoms with van der Waals surface area (Å²) in [7, 11) is 0. The summed E-state index contributed by atoms with van der Waals surface area (Å²) in [5.74, 6) is 1.12. The van der Waals surface area contributed by atoms with Crippen molar-refractivity contribution in [3.8, 4) is 0 Å². The van der Waals surface area contributed by atoms with E-state index < -0.39 is 5.66 Å². The van der Waals surface area contributed by atoms with Gasteiger partial charge in [-0.3, -0.25) is 15.1 Å². The molecule has 0 radical (unpaired) electrons. The van der Waals surface area contributed by atoms with E-state index in [1.165, 1.54) is 18.4 Å². The Morgan fingerprint density at radius 3 is 2.31 bits per heavy atom. The van der Waals surface area contributed by atoms with E-state index in [4.69, 9.17) is 0 Å². The number of amides is 1. The fourth-order valence-electron chi connectivity index (χ4n) is 4.18. The number of benzene rings is 1. The molecular formula is C24H34N4O. The van der Waals surface area contributed by atoms with Crippen LogP contribution in [-0.4, -0.2) is 30.5 Å². The number of carbonyl (C=O) groups excluding carboxylic acids is 1. The van der Waals surface area contributed by atoms with Gasteiger partial charge in [-0.1, -0.05) is 38.1 Å². The Morgan fingerprint density at radius 2 is 1.72 bits per heavy atom. The zero-order valence-corrected chi connectivity index (χ0v) is 17.9. The maximum absolute atomic E-state index is 12.3. The first-order valence-electron chi connectivity index (χ1n) is 10.8. The molecular weight excluding hydrogens is 360 g/mol. The van der Waals surface area contributed by atoms with Gasteiger partial charge in [-0.15, -0.1) is 0 Å². The molecule has 1 amide bonds. The molecule has 1 aromatic carbocycles. The summed E-state index contributed by atoms with van der Waals surface area (Å²) in [5, 5.41) is 10.4. The van der Waals surface area contributed by atoms with E-state index in [1.54, 1.807) is 19.3 Å². The lowest BCUT2D eigenvalue weighted by Crippen LogP contribution is -2.57. The zero-order valence-electron chi connectivity index (χ0n) is 17.9. The van der Waals surface area contributed by atoms with E-state index in [1.807, 2.05) is 12.1 Å². The van der Waals surface area contributed by atoms with Crippen LogP contribution in [0.3, 0.4) is 0 Å². The van der Waals surface area contributed by atoms with Crippen LogP contribution in [0.1, 0.15) is 62.6 Å². The number of pyridine rings is 1. The smallest absolute Gasteiger partial charge is 0.218 e. The third kappa shape index (κ3) is 5.43. The molecule has 3 rings (SSSR count). The molecule has 1 unspecified atom stereocenters. The first-order chi connectivity index (χ1) is 14.0. The number of hydrogen-bond acceptors (Lipinski definition) is 4. The van der Waals surface area contributed by atoms with Gasteiger partial charge in [0.2, 0.25) is 5.91 Å². The maximum Gasteiger partial charge on any atom is 0.218 e. The number of hydrogen-bond donors (Lipinski definition) is 3. The van der Waals surface area contributed by atoms with Gasteiger partial charge in [0, 0.05) is 19.3 Å². The molecule has 1 aromatic heterocycles. The van der Waals surface area contributed by atoms with Gasteiger partial charge in [0.25, 0.3) is 0 Å². The van der Waals surface area contributed by atoms with Gasteiger partial charge in [0.15, 0.2) is 0 Å². The van der Waals surface area contributed by atoms with E-state index in [2.05, 4.69) is 59.0 Å². The van der Waals surface area contributed by atoms with Crippen LogP contribution in [0.5, 0.6) is 0 Å². The lowest BCUT2D eigenvalue weighted by molar-refractivity contribution is -0.120. The highest BCUT2D eigenvalue weighted by Gasteiger charge is 2.35. The average molecular weight is 395 g/mol. The van der Waals surface area contributed by atoms with E-state index in [0.717, 1.165) is 43.1 Å². The van der Waals surface area contributed by atoms with Crippen LogP contribution >= 0.6 is 0 Å². The monoisotopic (exact) mass is 394 g/mol. The van der Waals surface area contributed by atoms with Gasteiger partial charge >= 0.3 is 0 Å². The Labute approximate surface area is 174 Å². The summed E-state index contributed by atoms with van der Waals surface area (Å²) in [4.78, 5) is 16.4. The van der Waals surface area contributed by atoms with Gasteiger partial charge < -0.3 is 10.6 Å². The van der Waals surface area contributed by atoms with Crippen LogP contribution in [0.25, 0.3) is 0 Å². The third-order valence-electron chi connectivity index (χ3n) is 5.89. The second kappa shape index (κ2) is 9.99. The van der Waals surface area contributed by atoms with Crippen molar-refractivity contribution >= 4 is 5.91 Å². The molecule has 0 bridgehead atoms. The molecule has 1 saturated heterocycles. The zero-order chi connectivity index (χ0) is 20.7. The van der Waals surface area contributed by atoms with Crippen molar-refractivity contribution in [3.63, 3.8) is 0 Å². The van der Waals surface area contributed by atoms with E-state index in [9.17, 15) is 4.79 Å². The minimum absolute atomic E-state index is 0.0656. The quantitative estimate of drug-likeness (QED) is 0.600. The molecule has 29 heavy (non-hydrogen) atoms. The molecule has 2 aromatic rings. The van der Waals surface area contributed by atoms with Crippen LogP contribution in [0, 0.1) is 5.92 Å². The molecule has 156 valence electrons. The summed E-state index contributed by atoms with van der Waals surface area (Å²) in [5.41, 5.74) is 2.55. The number of piperidine rings is 1. The Hall–Kier alpha value is -2.24. The molecule has 0 aliphatic carbocycles. The lowest BCUT2D eigenvalue weighted by atomic mass is 9.88. The van der Waals surface area contributed by atoms with Gasteiger partial charge in [-0.25, -0.2) is 0 Å². The molecule has 3 N–H and O–H groups in total. The summed E-state index contributed by atoms with van der Waals surface area (Å²) < 4.78 is 0. The minimum Gasteiger partial charge on any atom is -0.330 e. The predicted octanol–water partition coefficient (Wildman–Crippen LogP) is 3.52. The van der Waals surface area contributed by atoms with Crippen LogP contribution in [-0.2, 0) is 10.5 Å². The average Bonchev–Trinajstić information content (AvgIpc) is 2.74. The largest absolute Gasteiger partial charge is 0.330 e. The number of rotatable bonds is 8. The van der Waals surface area contributed by atoms with E-state index in [0.29, 0.717) is 5.92 Å². The van der Waals surface area contributed by atoms with E-state index in [-0.39, 0.29) is 5.91 Å². The highest BCUT2D eigenvalue weighted by Crippen LogP contribution is 2.29. The first-order valence-corrected chi connectivity index (χ1v) is 10.8. The lowest BCUT2D eigenvalue weighted by Gasteiger charge is -2.37. The molecule has 1 fully saturated rings. The number of nitrogens with zero attached hydrogens (tertiary/aromatic N) is 1. The summed E-state index contributed by atoms with van der Waals surface area (Å²) in [6, 6.07) is 12.5. The van der Waals surface area contributed by atoms with Crippen LogP contribution in [0.15, 0.2) is 48.8 Å². The Balaban J connectivity index is 1.92. The molecule has 1 aliphatic rings. The summed E-state index contributed by atoms with van der Waals surface area (Å²) in [6.45, 7) is 8.99. The maximum atomic E-state index is 12.3. The SMILES string of the molecule is CC(=O)NC(NCCC1CCNCC1)(c1ccncc1)c1ccc(C(C)C)cc1. The third-order valence-corrected chi connectivity index (χ3v) is 5.89. The molecule has 2 heterocycles. The summed E-state index contributed by atoms with van der Waals surface area (Å²) >= 11 is 0. The molecule has 1 aliphatic heterocycles. The van der Waals surface area contributed by atoms with Crippen molar-refractivity contribution in [2.45, 2.75) is 51.6 Å². The van der Waals surface area contributed by atoms with Crippen molar-refractivity contribution < 1.29 is 4.79 Å². The normalized spacial score (nSPS) is 17.1. The Bertz CT molecular complexity index is 769. The first kappa shape index (κ1) is 21.5. The van der Waals surface area contributed by atoms with Crippen molar-refractivity contribution in [1.82, 2.24) is 20.9 Å². The minimum atomic E-state index is -0.767. The van der Waals surface area contributed by atoms with Gasteiger partial charge in [0.1, 0.15) is 5.66 Å². The van der Waals surface area contributed by atoms with Crippen LogP contribution < -0.4 is 16.0 Å².